The number of nitrogens with zero attached hydrogens (tertiary/aromatic N) is 2. The zero-order valence-corrected chi connectivity index (χ0v) is 18.7. The lowest BCUT2D eigenvalue weighted by Crippen LogP contribution is -2.48. The van der Waals surface area contributed by atoms with Gasteiger partial charge in [0.05, 0.1) is 6.42 Å². The monoisotopic (exact) mass is 431 g/mol. The summed E-state index contributed by atoms with van der Waals surface area (Å²) >= 11 is 0. The molecule has 1 amide bonds. The Labute approximate surface area is 189 Å². The predicted molar refractivity (Wildman–Crippen MR) is 128 cm³/mol. The van der Waals surface area contributed by atoms with E-state index in [1.165, 1.54) is 17.7 Å². The number of piperazine rings is 1. The fourth-order valence-corrected chi connectivity index (χ4v) is 4.25. The van der Waals surface area contributed by atoms with Crippen LogP contribution in [0, 0.1) is 5.82 Å². The van der Waals surface area contributed by atoms with E-state index in [1.807, 2.05) is 43.4 Å². The SMILES string of the molecule is C[C@H]1CN(Cc2ccc(N(C)C(=O)Cc3ccccc3-c3ccc(F)cc3)cc2)CCN1. The van der Waals surface area contributed by atoms with Gasteiger partial charge in [0.2, 0.25) is 5.91 Å². The van der Waals surface area contributed by atoms with Gasteiger partial charge in [-0.05, 0) is 53.4 Å². The Morgan fingerprint density at radius 1 is 1.06 bits per heavy atom. The van der Waals surface area contributed by atoms with E-state index in [0.29, 0.717) is 6.04 Å². The summed E-state index contributed by atoms with van der Waals surface area (Å²) in [4.78, 5) is 17.2. The highest BCUT2D eigenvalue weighted by Crippen LogP contribution is 2.25. The molecular weight excluding hydrogens is 401 g/mol. The summed E-state index contributed by atoms with van der Waals surface area (Å²) in [6.07, 6.45) is 0.282. The van der Waals surface area contributed by atoms with E-state index in [9.17, 15) is 9.18 Å². The molecule has 1 atom stereocenters. The van der Waals surface area contributed by atoms with Crippen molar-refractivity contribution >= 4 is 11.6 Å². The topological polar surface area (TPSA) is 35.6 Å². The molecule has 1 aliphatic heterocycles. The number of benzene rings is 3. The van der Waals surface area contributed by atoms with Crippen molar-refractivity contribution in [3.8, 4) is 11.1 Å². The van der Waals surface area contributed by atoms with E-state index in [0.717, 1.165) is 48.6 Å². The van der Waals surface area contributed by atoms with E-state index in [4.69, 9.17) is 0 Å². The number of anilines is 1. The van der Waals surface area contributed by atoms with Gasteiger partial charge in [0.15, 0.2) is 0 Å². The fourth-order valence-electron chi connectivity index (χ4n) is 4.25. The first-order chi connectivity index (χ1) is 15.5. The molecule has 4 nitrogen and oxygen atoms in total. The number of hydrogen-bond donors (Lipinski definition) is 1. The van der Waals surface area contributed by atoms with Crippen LogP contribution in [0.15, 0.2) is 72.8 Å². The summed E-state index contributed by atoms with van der Waals surface area (Å²) in [7, 11) is 1.82. The van der Waals surface area contributed by atoms with Crippen molar-refractivity contribution in [2.75, 3.05) is 31.6 Å². The van der Waals surface area contributed by atoms with E-state index >= 15 is 0 Å². The third kappa shape index (κ3) is 5.42. The molecule has 0 aliphatic carbocycles. The van der Waals surface area contributed by atoms with Crippen LogP contribution in [0.5, 0.6) is 0 Å². The number of nitrogens with one attached hydrogen (secondary N) is 1. The van der Waals surface area contributed by atoms with Gasteiger partial charge in [-0.1, -0.05) is 48.5 Å². The van der Waals surface area contributed by atoms with Crippen LogP contribution in [0.4, 0.5) is 10.1 Å². The maximum absolute atomic E-state index is 13.3. The van der Waals surface area contributed by atoms with Crippen molar-refractivity contribution in [3.05, 3.63) is 89.7 Å². The van der Waals surface area contributed by atoms with Crippen molar-refractivity contribution in [3.63, 3.8) is 0 Å². The Bertz CT molecular complexity index is 1050. The Morgan fingerprint density at radius 3 is 2.50 bits per heavy atom. The normalized spacial score (nSPS) is 16.7. The van der Waals surface area contributed by atoms with Gasteiger partial charge in [-0.15, -0.1) is 0 Å². The molecule has 32 heavy (non-hydrogen) atoms. The number of likely N-dealkylation sites (N-methyl/N-ethyl adjacent to an activating group) is 1. The second-order valence-electron chi connectivity index (χ2n) is 8.55. The van der Waals surface area contributed by atoms with Gasteiger partial charge in [0, 0.05) is 45.0 Å². The first kappa shape index (κ1) is 22.2. The van der Waals surface area contributed by atoms with E-state index in [1.54, 1.807) is 17.0 Å². The minimum atomic E-state index is -0.267. The zero-order valence-electron chi connectivity index (χ0n) is 18.7. The van der Waals surface area contributed by atoms with Crippen molar-refractivity contribution in [1.29, 1.82) is 0 Å². The largest absolute Gasteiger partial charge is 0.315 e. The molecule has 1 saturated heterocycles. The average molecular weight is 432 g/mol. The molecule has 0 aromatic heterocycles. The predicted octanol–water partition coefficient (Wildman–Crippen LogP) is 4.49. The van der Waals surface area contributed by atoms with Gasteiger partial charge in [-0.25, -0.2) is 4.39 Å². The van der Waals surface area contributed by atoms with E-state index in [-0.39, 0.29) is 18.1 Å². The second kappa shape index (κ2) is 10.1. The molecule has 0 saturated carbocycles. The summed E-state index contributed by atoms with van der Waals surface area (Å²) in [5.74, 6) is -0.250. The summed E-state index contributed by atoms with van der Waals surface area (Å²) in [5.41, 5.74) is 4.93. The fraction of sp³-hybridized carbons (Fsp3) is 0.296. The molecule has 3 aromatic rings. The standard InChI is InChI=1S/C27H30FN3O/c1-20-18-31(16-15-29-20)19-21-7-13-25(14-8-21)30(2)27(32)17-23-5-3-4-6-26(23)22-9-11-24(28)12-10-22/h3-14,20,29H,15-19H2,1-2H3/t20-/m0/s1. The van der Waals surface area contributed by atoms with Crippen LogP contribution >= 0.6 is 0 Å². The molecule has 1 fully saturated rings. The highest BCUT2D eigenvalue weighted by atomic mass is 19.1. The van der Waals surface area contributed by atoms with Crippen LogP contribution in [0.2, 0.25) is 0 Å². The van der Waals surface area contributed by atoms with E-state index in [2.05, 4.69) is 29.3 Å². The van der Waals surface area contributed by atoms with Gasteiger partial charge >= 0.3 is 0 Å². The lowest BCUT2D eigenvalue weighted by Gasteiger charge is -2.31. The highest BCUT2D eigenvalue weighted by Gasteiger charge is 2.17. The third-order valence-corrected chi connectivity index (χ3v) is 6.07. The lowest BCUT2D eigenvalue weighted by atomic mass is 9.97. The van der Waals surface area contributed by atoms with Crippen molar-refractivity contribution in [2.45, 2.75) is 25.9 Å². The Morgan fingerprint density at radius 2 is 1.78 bits per heavy atom. The maximum atomic E-state index is 13.3. The Balaban J connectivity index is 1.42. The smallest absolute Gasteiger partial charge is 0.231 e. The van der Waals surface area contributed by atoms with Gasteiger partial charge in [0.1, 0.15) is 5.82 Å². The molecule has 0 bridgehead atoms. The van der Waals surface area contributed by atoms with E-state index < -0.39 is 0 Å². The number of hydrogen-bond acceptors (Lipinski definition) is 3. The molecule has 4 rings (SSSR count). The molecule has 3 aromatic carbocycles. The first-order valence-corrected chi connectivity index (χ1v) is 11.1. The molecule has 0 unspecified atom stereocenters. The maximum Gasteiger partial charge on any atom is 0.231 e. The quantitative estimate of drug-likeness (QED) is 0.625. The van der Waals surface area contributed by atoms with Crippen LogP contribution in [-0.2, 0) is 17.8 Å². The molecule has 1 heterocycles. The summed E-state index contributed by atoms with van der Waals surface area (Å²) < 4.78 is 13.3. The number of halogens is 1. The van der Waals surface area contributed by atoms with Crippen molar-refractivity contribution in [1.82, 2.24) is 10.2 Å². The molecule has 1 aliphatic rings. The Hall–Kier alpha value is -3.02. The average Bonchev–Trinajstić information content (AvgIpc) is 2.80. The van der Waals surface area contributed by atoms with Crippen molar-refractivity contribution in [2.24, 2.45) is 0 Å². The van der Waals surface area contributed by atoms with Gasteiger partial charge < -0.3 is 10.2 Å². The minimum Gasteiger partial charge on any atom is -0.315 e. The molecule has 5 heteroatoms. The van der Waals surface area contributed by atoms with Crippen LogP contribution in [0.3, 0.4) is 0 Å². The molecular formula is C27H30FN3O. The number of rotatable bonds is 6. The molecule has 166 valence electrons. The second-order valence-corrected chi connectivity index (χ2v) is 8.55. The van der Waals surface area contributed by atoms with Gasteiger partial charge in [-0.3, -0.25) is 9.69 Å². The van der Waals surface area contributed by atoms with Gasteiger partial charge in [-0.2, -0.15) is 0 Å². The Kier molecular flexibility index (Phi) is 6.98. The summed E-state index contributed by atoms with van der Waals surface area (Å²) in [6.45, 7) is 6.26. The highest BCUT2D eigenvalue weighted by molar-refractivity contribution is 5.95. The van der Waals surface area contributed by atoms with Crippen LogP contribution < -0.4 is 10.2 Å². The lowest BCUT2D eigenvalue weighted by molar-refractivity contribution is -0.117. The van der Waals surface area contributed by atoms with Gasteiger partial charge in [0.25, 0.3) is 0 Å². The zero-order chi connectivity index (χ0) is 22.5. The minimum absolute atomic E-state index is 0.0169. The number of amides is 1. The molecule has 0 radical (unpaired) electrons. The summed E-state index contributed by atoms with van der Waals surface area (Å²) in [6, 6.07) is 23.0. The third-order valence-electron chi connectivity index (χ3n) is 6.07. The van der Waals surface area contributed by atoms with Crippen LogP contribution in [0.1, 0.15) is 18.1 Å². The van der Waals surface area contributed by atoms with Crippen LogP contribution in [-0.4, -0.2) is 43.5 Å². The molecule has 0 spiro atoms. The first-order valence-electron chi connectivity index (χ1n) is 11.1. The summed E-state index contributed by atoms with van der Waals surface area (Å²) in [5, 5.41) is 3.47. The molecule has 1 N–H and O–H groups in total. The number of carbonyl (C=O) groups excluding carboxylic acids is 1. The van der Waals surface area contributed by atoms with Crippen LogP contribution in [0.25, 0.3) is 11.1 Å². The number of carbonyl (C=O) groups is 1. The van der Waals surface area contributed by atoms with Crippen molar-refractivity contribution < 1.29 is 9.18 Å².